The number of aliphatic hydroxyl groups is 1. The van der Waals surface area contributed by atoms with Crippen LogP contribution >= 0.6 is 31.9 Å². The lowest BCUT2D eigenvalue weighted by Crippen LogP contribution is -2.42. The molecule has 2 rings (SSSR count). The number of ether oxygens (including phenoxy) is 2. The molecule has 2 heterocycles. The number of hydrogen-bond acceptors (Lipinski definition) is 3. The van der Waals surface area contributed by atoms with Crippen LogP contribution in [0.15, 0.2) is 12.2 Å². The van der Waals surface area contributed by atoms with Gasteiger partial charge in [0.1, 0.15) is 0 Å². The molecular formula is C15H20Br2O3. The Morgan fingerprint density at radius 2 is 2.30 bits per heavy atom. The van der Waals surface area contributed by atoms with Gasteiger partial charge in [0, 0.05) is 11.2 Å². The minimum atomic E-state index is -1.19. The predicted molar refractivity (Wildman–Crippen MR) is 86.0 cm³/mol. The van der Waals surface area contributed by atoms with Crippen LogP contribution in [0.2, 0.25) is 0 Å². The molecular weight excluding hydrogens is 388 g/mol. The first kappa shape index (κ1) is 16.5. The quantitative estimate of drug-likeness (QED) is 0.574. The first-order valence-corrected chi connectivity index (χ1v) is 8.78. The van der Waals surface area contributed by atoms with Crippen molar-refractivity contribution in [3.05, 3.63) is 12.2 Å². The van der Waals surface area contributed by atoms with E-state index < -0.39 is 5.79 Å². The number of allylic oxidation sites excluding steroid dienone is 2. The van der Waals surface area contributed by atoms with Crippen molar-refractivity contribution in [1.82, 2.24) is 0 Å². The Balaban J connectivity index is 2.00. The highest BCUT2D eigenvalue weighted by Crippen LogP contribution is 2.43. The van der Waals surface area contributed by atoms with Crippen LogP contribution in [0.3, 0.4) is 0 Å². The minimum absolute atomic E-state index is 0.0320. The van der Waals surface area contributed by atoms with Crippen LogP contribution in [-0.2, 0) is 9.47 Å². The van der Waals surface area contributed by atoms with Crippen molar-refractivity contribution in [2.24, 2.45) is 0 Å². The van der Waals surface area contributed by atoms with Gasteiger partial charge in [-0.05, 0) is 25.3 Å². The molecule has 2 saturated heterocycles. The van der Waals surface area contributed by atoms with E-state index >= 15 is 0 Å². The van der Waals surface area contributed by atoms with Gasteiger partial charge in [0.25, 0.3) is 0 Å². The number of alkyl halides is 2. The predicted octanol–water partition coefficient (Wildman–Crippen LogP) is 3.14. The molecule has 0 spiro atoms. The molecule has 3 nitrogen and oxygen atoms in total. The van der Waals surface area contributed by atoms with E-state index in [-0.39, 0.29) is 28.0 Å². The molecule has 20 heavy (non-hydrogen) atoms. The summed E-state index contributed by atoms with van der Waals surface area (Å²) in [6.07, 6.45) is 11.7. The summed E-state index contributed by atoms with van der Waals surface area (Å²) in [4.78, 5) is 0.0915. The van der Waals surface area contributed by atoms with Gasteiger partial charge >= 0.3 is 0 Å². The Morgan fingerprint density at radius 3 is 2.95 bits per heavy atom. The molecule has 0 radical (unpaired) electrons. The molecule has 6 unspecified atom stereocenters. The number of fused-ring (bicyclic) bond motifs is 1. The maximum atomic E-state index is 10.7. The minimum Gasteiger partial charge on any atom is -0.371 e. The topological polar surface area (TPSA) is 38.7 Å². The number of hydrogen-bond donors (Lipinski definition) is 1. The van der Waals surface area contributed by atoms with E-state index in [0.717, 1.165) is 12.8 Å². The maximum absolute atomic E-state index is 10.7. The third-order valence-corrected chi connectivity index (χ3v) is 5.98. The van der Waals surface area contributed by atoms with Crippen LogP contribution in [0.5, 0.6) is 0 Å². The Hall–Kier alpha value is 0.140. The van der Waals surface area contributed by atoms with Gasteiger partial charge in [0.2, 0.25) is 0 Å². The summed E-state index contributed by atoms with van der Waals surface area (Å²) in [7, 11) is 0. The van der Waals surface area contributed by atoms with Crippen molar-refractivity contribution in [1.29, 1.82) is 0 Å². The number of halogens is 2. The summed E-state index contributed by atoms with van der Waals surface area (Å²) in [6, 6.07) is 0. The normalized spacial score (nSPS) is 42.4. The fourth-order valence-electron chi connectivity index (χ4n) is 2.82. The van der Waals surface area contributed by atoms with Gasteiger partial charge in [-0.1, -0.05) is 50.8 Å². The van der Waals surface area contributed by atoms with Crippen LogP contribution in [0.4, 0.5) is 0 Å². The van der Waals surface area contributed by atoms with Crippen LogP contribution < -0.4 is 0 Å². The molecule has 2 aliphatic heterocycles. The highest BCUT2D eigenvalue weighted by atomic mass is 79.9. The molecule has 2 fully saturated rings. The second-order valence-electron chi connectivity index (χ2n) is 5.35. The fraction of sp³-hybridized carbons (Fsp3) is 0.733. The second-order valence-corrected chi connectivity index (χ2v) is 7.63. The van der Waals surface area contributed by atoms with Crippen LogP contribution in [-0.4, -0.2) is 38.9 Å². The van der Waals surface area contributed by atoms with E-state index in [2.05, 4.69) is 44.7 Å². The molecule has 0 bridgehead atoms. The van der Waals surface area contributed by atoms with Crippen molar-refractivity contribution < 1.29 is 14.6 Å². The van der Waals surface area contributed by atoms with E-state index in [1.165, 1.54) is 0 Å². The lowest BCUT2D eigenvalue weighted by atomic mass is 9.97. The SMILES string of the molecule is C#CC=CCC(Br)C1(O)CC2OC(CC)C(Br)CC2O1. The highest BCUT2D eigenvalue weighted by molar-refractivity contribution is 9.09. The summed E-state index contributed by atoms with van der Waals surface area (Å²) in [6.45, 7) is 2.11. The van der Waals surface area contributed by atoms with Gasteiger partial charge < -0.3 is 14.6 Å². The summed E-state index contributed by atoms with van der Waals surface area (Å²) >= 11 is 7.16. The van der Waals surface area contributed by atoms with E-state index in [1.54, 1.807) is 6.08 Å². The third kappa shape index (κ3) is 3.48. The van der Waals surface area contributed by atoms with E-state index in [0.29, 0.717) is 12.8 Å². The van der Waals surface area contributed by atoms with Crippen LogP contribution in [0.25, 0.3) is 0 Å². The monoisotopic (exact) mass is 406 g/mol. The zero-order chi connectivity index (χ0) is 14.8. The highest BCUT2D eigenvalue weighted by Gasteiger charge is 2.52. The van der Waals surface area contributed by atoms with E-state index in [9.17, 15) is 5.11 Å². The molecule has 0 aromatic rings. The standard InChI is InChI=1S/C15H20Br2O3/c1-3-5-6-7-14(17)15(18)9-13-12(20-15)8-10(16)11(4-2)19-13/h1,5-6,10-14,18H,4,7-9H2,2H3. The fourth-order valence-corrected chi connectivity index (χ4v) is 4.20. The summed E-state index contributed by atoms with van der Waals surface area (Å²) < 4.78 is 11.9. The van der Waals surface area contributed by atoms with Crippen LogP contribution in [0, 0.1) is 12.3 Å². The largest absolute Gasteiger partial charge is 0.371 e. The average Bonchev–Trinajstić information content (AvgIpc) is 2.74. The first-order valence-electron chi connectivity index (χ1n) is 6.95. The Morgan fingerprint density at radius 1 is 1.55 bits per heavy atom. The second kappa shape index (κ2) is 6.93. The molecule has 1 N–H and O–H groups in total. The van der Waals surface area contributed by atoms with Crippen molar-refractivity contribution in [3.63, 3.8) is 0 Å². The summed E-state index contributed by atoms with van der Waals surface area (Å²) in [5.41, 5.74) is 0. The average molecular weight is 408 g/mol. The van der Waals surface area contributed by atoms with Crippen molar-refractivity contribution >= 4 is 31.9 Å². The molecule has 0 aliphatic carbocycles. The zero-order valence-corrected chi connectivity index (χ0v) is 14.6. The Labute approximate surface area is 137 Å². The van der Waals surface area contributed by atoms with Gasteiger partial charge in [-0.3, -0.25) is 0 Å². The van der Waals surface area contributed by atoms with Crippen molar-refractivity contribution in [3.8, 4) is 12.3 Å². The number of terminal acetylenes is 1. The molecule has 6 atom stereocenters. The molecule has 2 aliphatic rings. The van der Waals surface area contributed by atoms with Crippen molar-refractivity contribution in [2.75, 3.05) is 0 Å². The van der Waals surface area contributed by atoms with Gasteiger partial charge in [0.15, 0.2) is 5.79 Å². The van der Waals surface area contributed by atoms with Gasteiger partial charge in [0.05, 0.1) is 23.1 Å². The van der Waals surface area contributed by atoms with E-state index in [1.807, 2.05) is 6.08 Å². The summed E-state index contributed by atoms with van der Waals surface area (Å²) in [5, 5.41) is 10.7. The van der Waals surface area contributed by atoms with Crippen LogP contribution in [0.1, 0.15) is 32.6 Å². The summed E-state index contributed by atoms with van der Waals surface area (Å²) in [5.74, 6) is 1.25. The van der Waals surface area contributed by atoms with Gasteiger partial charge in [-0.25, -0.2) is 0 Å². The molecule has 5 heteroatoms. The lowest BCUT2D eigenvalue weighted by Gasteiger charge is -2.34. The molecule has 112 valence electrons. The molecule has 0 aromatic heterocycles. The maximum Gasteiger partial charge on any atom is 0.181 e. The molecule has 0 aromatic carbocycles. The Bertz CT molecular complexity index is 406. The van der Waals surface area contributed by atoms with E-state index in [4.69, 9.17) is 15.9 Å². The lowest BCUT2D eigenvalue weighted by molar-refractivity contribution is -0.196. The van der Waals surface area contributed by atoms with Gasteiger partial charge in [-0.2, -0.15) is 0 Å². The number of rotatable bonds is 4. The smallest absolute Gasteiger partial charge is 0.181 e. The first-order chi connectivity index (χ1) is 9.50. The third-order valence-electron chi connectivity index (χ3n) is 3.92. The van der Waals surface area contributed by atoms with Crippen molar-refractivity contribution in [2.45, 2.75) is 66.4 Å². The molecule has 0 saturated carbocycles. The zero-order valence-electron chi connectivity index (χ0n) is 11.5. The Kier molecular flexibility index (Phi) is 5.72. The van der Waals surface area contributed by atoms with Gasteiger partial charge in [-0.15, -0.1) is 6.42 Å². The molecule has 0 amide bonds.